The van der Waals surface area contributed by atoms with E-state index in [0.29, 0.717) is 32.2 Å². The lowest BCUT2D eigenvalue weighted by molar-refractivity contribution is -0.148. The molecule has 2 heterocycles. The number of carbonyl (C=O) groups excluding carboxylic acids is 4. The summed E-state index contributed by atoms with van der Waals surface area (Å²) in [6.45, 7) is 0.547. The van der Waals surface area contributed by atoms with Crippen molar-refractivity contribution >= 4 is 23.8 Å². The van der Waals surface area contributed by atoms with E-state index in [9.17, 15) is 19.2 Å². The quantitative estimate of drug-likeness (QED) is 0.145. The number of hydrogen-bond donors (Lipinski definition) is 5. The molecule has 2 aliphatic rings. The average Bonchev–Trinajstić information content (AvgIpc) is 3.61. The first-order valence-electron chi connectivity index (χ1n) is 17.7. The largest absolute Gasteiger partial charge is 0.343 e. The minimum atomic E-state index is -0.928. The van der Waals surface area contributed by atoms with Gasteiger partial charge in [-0.1, -0.05) is 121 Å². The molecule has 4 aromatic carbocycles. The number of nitrogens with zero attached hydrogens (tertiary/aromatic N) is 1. The van der Waals surface area contributed by atoms with Crippen molar-refractivity contribution in [2.75, 3.05) is 13.6 Å². The van der Waals surface area contributed by atoms with Crippen LogP contribution in [0.2, 0.25) is 0 Å². The summed E-state index contributed by atoms with van der Waals surface area (Å²) in [5.41, 5.74) is 3.83. The predicted octanol–water partition coefficient (Wildman–Crippen LogP) is 4.09. The van der Waals surface area contributed by atoms with E-state index in [0.717, 1.165) is 22.3 Å². The van der Waals surface area contributed by atoms with Gasteiger partial charge in [0.1, 0.15) is 12.1 Å². The van der Waals surface area contributed by atoms with Crippen LogP contribution in [-0.4, -0.2) is 66.4 Å². The Labute approximate surface area is 299 Å². The number of likely N-dealkylation sites (N-methyl/N-ethyl adjacent to an activating group) is 1. The smallest absolute Gasteiger partial charge is 0.315 e. The molecule has 5 atom stereocenters. The van der Waals surface area contributed by atoms with E-state index in [4.69, 9.17) is 0 Å². The molecular weight excluding hydrogens is 640 g/mol. The third-order valence-electron chi connectivity index (χ3n) is 9.99. The third-order valence-corrected chi connectivity index (χ3v) is 9.99. The van der Waals surface area contributed by atoms with Gasteiger partial charge in [0.25, 0.3) is 0 Å². The summed E-state index contributed by atoms with van der Waals surface area (Å²) >= 11 is 0. The first kappa shape index (κ1) is 35.3. The fourth-order valence-corrected chi connectivity index (χ4v) is 7.32. The summed E-state index contributed by atoms with van der Waals surface area (Å²) < 4.78 is 0. The number of hydrogen-bond acceptors (Lipinski definition) is 5. The van der Waals surface area contributed by atoms with Gasteiger partial charge in [-0.3, -0.25) is 14.4 Å². The van der Waals surface area contributed by atoms with E-state index in [1.807, 2.05) is 121 Å². The van der Waals surface area contributed by atoms with Crippen LogP contribution in [0, 0.1) is 5.92 Å². The molecule has 10 nitrogen and oxygen atoms in total. The normalized spacial score (nSPS) is 20.3. The first-order chi connectivity index (χ1) is 24.9. The Kier molecular flexibility index (Phi) is 11.8. The minimum absolute atomic E-state index is 0.186. The molecule has 2 aliphatic heterocycles. The summed E-state index contributed by atoms with van der Waals surface area (Å²) in [4.78, 5) is 56.9. The Hall–Kier alpha value is -5.48. The molecular formula is C41H46N6O4. The van der Waals surface area contributed by atoms with Gasteiger partial charge in [0.15, 0.2) is 0 Å². The summed E-state index contributed by atoms with van der Waals surface area (Å²) in [6, 6.07) is 35.7. The summed E-state index contributed by atoms with van der Waals surface area (Å²) in [5, 5.41) is 15.2. The SMILES string of the molecule is CNC(Cc1ccccc1)C(=O)NC1C(=O)N2C(CCC2C(=O)NC(c2ccccc2)c2ccccc2)C[C@@H]1CNC(=O)NCc1ccccc1. The molecule has 2 fully saturated rings. The van der Waals surface area contributed by atoms with Crippen LogP contribution >= 0.6 is 0 Å². The van der Waals surface area contributed by atoms with E-state index in [2.05, 4.69) is 26.6 Å². The maximum atomic E-state index is 14.5. The highest BCUT2D eigenvalue weighted by Crippen LogP contribution is 2.36. The second kappa shape index (κ2) is 17.0. The molecule has 0 spiro atoms. The number of rotatable bonds is 13. The Morgan fingerprint density at radius 3 is 1.90 bits per heavy atom. The van der Waals surface area contributed by atoms with Crippen LogP contribution in [0.4, 0.5) is 4.79 Å². The molecule has 4 aromatic rings. The van der Waals surface area contributed by atoms with E-state index in [1.54, 1.807) is 11.9 Å². The highest BCUT2D eigenvalue weighted by molar-refractivity contribution is 5.95. The number of urea groups is 1. The lowest BCUT2D eigenvalue weighted by Gasteiger charge is -2.43. The van der Waals surface area contributed by atoms with Crippen LogP contribution in [0.1, 0.15) is 47.6 Å². The molecule has 264 valence electrons. The lowest BCUT2D eigenvalue weighted by Crippen LogP contribution is -2.65. The topological polar surface area (TPSA) is 132 Å². The summed E-state index contributed by atoms with van der Waals surface area (Å²) in [6.07, 6.45) is 2.12. The molecule has 5 N–H and O–H groups in total. The molecule has 0 radical (unpaired) electrons. The number of carbonyl (C=O) groups is 4. The van der Waals surface area contributed by atoms with Crippen molar-refractivity contribution in [1.82, 2.24) is 31.5 Å². The molecule has 5 amide bonds. The third kappa shape index (κ3) is 8.82. The van der Waals surface area contributed by atoms with Crippen LogP contribution in [0.3, 0.4) is 0 Å². The molecule has 2 saturated heterocycles. The van der Waals surface area contributed by atoms with E-state index >= 15 is 0 Å². The van der Waals surface area contributed by atoms with Gasteiger partial charge >= 0.3 is 6.03 Å². The molecule has 0 aromatic heterocycles. The van der Waals surface area contributed by atoms with Gasteiger partial charge in [-0.2, -0.15) is 0 Å². The highest BCUT2D eigenvalue weighted by atomic mass is 16.2. The zero-order valence-electron chi connectivity index (χ0n) is 28.8. The van der Waals surface area contributed by atoms with Crippen molar-refractivity contribution in [1.29, 1.82) is 0 Å². The van der Waals surface area contributed by atoms with Gasteiger partial charge in [0, 0.05) is 25.0 Å². The van der Waals surface area contributed by atoms with Crippen molar-refractivity contribution in [2.24, 2.45) is 5.92 Å². The van der Waals surface area contributed by atoms with Gasteiger partial charge in [-0.25, -0.2) is 4.79 Å². The molecule has 4 unspecified atom stereocenters. The van der Waals surface area contributed by atoms with Gasteiger partial charge < -0.3 is 31.5 Å². The number of amides is 5. The molecule has 0 saturated carbocycles. The molecule has 10 heteroatoms. The maximum absolute atomic E-state index is 14.5. The number of nitrogens with one attached hydrogen (secondary N) is 5. The fourth-order valence-electron chi connectivity index (χ4n) is 7.32. The fraction of sp³-hybridized carbons (Fsp3) is 0.317. The van der Waals surface area contributed by atoms with Crippen molar-refractivity contribution in [2.45, 2.75) is 62.4 Å². The van der Waals surface area contributed by atoms with E-state index < -0.39 is 24.2 Å². The van der Waals surface area contributed by atoms with E-state index in [1.165, 1.54) is 0 Å². The average molecular weight is 687 g/mol. The Morgan fingerprint density at radius 1 is 0.745 bits per heavy atom. The van der Waals surface area contributed by atoms with Crippen LogP contribution in [0.5, 0.6) is 0 Å². The summed E-state index contributed by atoms with van der Waals surface area (Å²) in [5.74, 6) is -1.23. The predicted molar refractivity (Wildman–Crippen MR) is 196 cm³/mol. The zero-order valence-corrected chi connectivity index (χ0v) is 28.8. The molecule has 51 heavy (non-hydrogen) atoms. The number of benzene rings is 4. The number of fused-ring (bicyclic) bond motifs is 1. The van der Waals surface area contributed by atoms with E-state index in [-0.39, 0.29) is 42.3 Å². The van der Waals surface area contributed by atoms with Crippen molar-refractivity contribution in [3.8, 4) is 0 Å². The van der Waals surface area contributed by atoms with Crippen molar-refractivity contribution in [3.63, 3.8) is 0 Å². The van der Waals surface area contributed by atoms with Crippen LogP contribution in [0.25, 0.3) is 0 Å². The van der Waals surface area contributed by atoms with Crippen molar-refractivity contribution in [3.05, 3.63) is 144 Å². The Morgan fingerprint density at radius 2 is 1.31 bits per heavy atom. The lowest BCUT2D eigenvalue weighted by atomic mass is 9.85. The minimum Gasteiger partial charge on any atom is -0.343 e. The van der Waals surface area contributed by atoms with Crippen molar-refractivity contribution < 1.29 is 19.2 Å². The molecule has 0 bridgehead atoms. The zero-order chi connectivity index (χ0) is 35.6. The van der Waals surface area contributed by atoms with Gasteiger partial charge in [0.05, 0.1) is 12.1 Å². The second-order valence-electron chi connectivity index (χ2n) is 13.3. The number of piperidine rings is 1. The second-order valence-corrected chi connectivity index (χ2v) is 13.3. The molecule has 6 rings (SSSR count). The van der Waals surface area contributed by atoms with Crippen LogP contribution in [0.15, 0.2) is 121 Å². The monoisotopic (exact) mass is 686 g/mol. The Bertz CT molecular complexity index is 1720. The first-order valence-corrected chi connectivity index (χ1v) is 17.7. The standard InChI is InChI=1S/C41H46N6O4/c1-42-34(24-28-14-6-2-7-15-28)38(48)46-37-32(27-44-41(51)43-26-29-16-8-3-9-17-29)25-33-22-23-35(47(33)40(37)50)39(49)45-36(30-18-10-4-11-19-30)31-20-12-5-13-21-31/h2-21,32-37,42H,22-27H2,1H3,(H,45,49)(H,46,48)(H2,43,44,51)/t32-,33?,34?,35?,37?/m1/s1. The highest BCUT2D eigenvalue weighted by Gasteiger charge is 2.50. The van der Waals surface area contributed by atoms with Crippen LogP contribution in [-0.2, 0) is 27.3 Å². The van der Waals surface area contributed by atoms with Gasteiger partial charge in [0.2, 0.25) is 17.7 Å². The Balaban J connectivity index is 1.19. The van der Waals surface area contributed by atoms with Gasteiger partial charge in [-0.15, -0.1) is 0 Å². The molecule has 0 aliphatic carbocycles. The maximum Gasteiger partial charge on any atom is 0.315 e. The van der Waals surface area contributed by atoms with Gasteiger partial charge in [-0.05, 0) is 55.0 Å². The summed E-state index contributed by atoms with van der Waals surface area (Å²) in [7, 11) is 1.72. The van der Waals surface area contributed by atoms with Crippen LogP contribution < -0.4 is 26.6 Å².